The first kappa shape index (κ1) is 26.7. The Morgan fingerprint density at radius 1 is 1.08 bits per heavy atom. The zero-order valence-corrected chi connectivity index (χ0v) is 22.8. The van der Waals surface area contributed by atoms with E-state index < -0.39 is 5.60 Å². The first-order chi connectivity index (χ1) is 17.6. The van der Waals surface area contributed by atoms with Crippen LogP contribution in [0.2, 0.25) is 0 Å². The summed E-state index contributed by atoms with van der Waals surface area (Å²) in [6, 6.07) is 12.5. The summed E-state index contributed by atoms with van der Waals surface area (Å²) in [7, 11) is 3.11. The van der Waals surface area contributed by atoms with Crippen LogP contribution in [0.15, 0.2) is 42.6 Å². The van der Waals surface area contributed by atoms with Crippen molar-refractivity contribution in [3.63, 3.8) is 0 Å². The average molecular weight is 507 g/mol. The summed E-state index contributed by atoms with van der Waals surface area (Å²) in [5.74, 6) is 0.578. The van der Waals surface area contributed by atoms with E-state index in [4.69, 9.17) is 14.2 Å². The van der Waals surface area contributed by atoms with Gasteiger partial charge in [-0.2, -0.15) is 0 Å². The molecule has 0 radical (unpaired) electrons. The summed E-state index contributed by atoms with van der Waals surface area (Å²) in [6.45, 7) is 9.24. The summed E-state index contributed by atoms with van der Waals surface area (Å²) in [5.41, 5.74) is 4.44. The van der Waals surface area contributed by atoms with E-state index in [1.807, 2.05) is 52.0 Å². The van der Waals surface area contributed by atoms with Gasteiger partial charge in [0.2, 0.25) is 0 Å². The molecule has 1 aliphatic rings. The zero-order chi connectivity index (χ0) is 26.7. The molecule has 1 fully saturated rings. The normalized spacial score (nSPS) is 16.5. The molecular weight excluding hydrogens is 468 g/mol. The molecule has 0 saturated carbocycles. The number of methoxy groups -OCH3 is 2. The van der Waals surface area contributed by atoms with Crippen molar-refractivity contribution in [3.8, 4) is 5.75 Å². The summed E-state index contributed by atoms with van der Waals surface area (Å²) in [6.07, 6.45) is 4.98. The number of aryl methyl sites for hydroxylation is 1. The van der Waals surface area contributed by atoms with Gasteiger partial charge in [0.05, 0.1) is 26.2 Å². The number of carbonyl (C=O) groups is 2. The lowest BCUT2D eigenvalue weighted by molar-refractivity contribution is -0.139. The molecule has 0 spiro atoms. The van der Waals surface area contributed by atoms with Crippen LogP contribution in [0.3, 0.4) is 0 Å². The van der Waals surface area contributed by atoms with Crippen LogP contribution in [0.25, 0.3) is 10.9 Å². The molecule has 2 aromatic carbocycles. The second-order valence-corrected chi connectivity index (χ2v) is 10.8. The van der Waals surface area contributed by atoms with Crippen molar-refractivity contribution >= 4 is 23.0 Å². The SMILES string of the molecule is COC(=O)Cc1cccc(C2CCCCN2Cc2c(OC)cc(C)c3c2ccn3C(=O)OC(C)(C)C)c1. The molecule has 37 heavy (non-hydrogen) atoms. The predicted molar refractivity (Wildman–Crippen MR) is 144 cm³/mol. The number of aromatic nitrogens is 1. The number of piperidine rings is 1. The van der Waals surface area contributed by atoms with Crippen molar-refractivity contribution in [2.45, 2.75) is 71.6 Å². The standard InChI is InChI=1S/C30H38N2O5/c1-20-16-26(35-5)24(23-13-15-32(28(20)23)29(34)37-30(2,3)4)19-31-14-8-7-12-25(31)22-11-9-10-21(17-22)18-27(33)36-6/h9-11,13,15-17,25H,7-8,12,14,18-19H2,1-6H3. The molecule has 0 aliphatic carbocycles. The summed E-state index contributed by atoms with van der Waals surface area (Å²) >= 11 is 0. The molecule has 1 saturated heterocycles. The first-order valence-corrected chi connectivity index (χ1v) is 12.9. The van der Waals surface area contributed by atoms with Crippen molar-refractivity contribution < 1.29 is 23.8 Å². The molecule has 4 rings (SSSR count). The number of ether oxygens (including phenoxy) is 3. The number of nitrogens with zero attached hydrogens (tertiary/aromatic N) is 2. The Kier molecular flexibility index (Phi) is 7.93. The number of likely N-dealkylation sites (tertiary alicyclic amines) is 1. The van der Waals surface area contributed by atoms with Gasteiger partial charge in [-0.1, -0.05) is 30.7 Å². The number of hydrogen-bond acceptors (Lipinski definition) is 6. The lowest BCUT2D eigenvalue weighted by Gasteiger charge is -2.36. The van der Waals surface area contributed by atoms with E-state index in [0.717, 1.165) is 59.2 Å². The summed E-state index contributed by atoms with van der Waals surface area (Å²) < 4.78 is 18.0. The fourth-order valence-electron chi connectivity index (χ4n) is 5.28. The van der Waals surface area contributed by atoms with E-state index in [1.165, 1.54) is 12.7 Å². The minimum Gasteiger partial charge on any atom is -0.496 e. The van der Waals surface area contributed by atoms with Crippen molar-refractivity contribution in [1.29, 1.82) is 0 Å². The highest BCUT2D eigenvalue weighted by molar-refractivity contribution is 5.95. The highest BCUT2D eigenvalue weighted by Crippen LogP contribution is 2.38. The molecule has 2 heterocycles. The van der Waals surface area contributed by atoms with E-state index in [1.54, 1.807) is 17.9 Å². The average Bonchev–Trinajstić information content (AvgIpc) is 3.31. The van der Waals surface area contributed by atoms with Gasteiger partial charge < -0.3 is 14.2 Å². The van der Waals surface area contributed by atoms with Crippen molar-refractivity contribution in [3.05, 3.63) is 64.8 Å². The Bertz CT molecular complexity index is 1290. The second kappa shape index (κ2) is 11.0. The lowest BCUT2D eigenvalue weighted by atomic mass is 9.92. The maximum absolute atomic E-state index is 13.0. The van der Waals surface area contributed by atoms with E-state index in [9.17, 15) is 9.59 Å². The van der Waals surface area contributed by atoms with E-state index in [0.29, 0.717) is 6.54 Å². The van der Waals surface area contributed by atoms with Gasteiger partial charge in [-0.25, -0.2) is 4.79 Å². The monoisotopic (exact) mass is 506 g/mol. The molecule has 0 amide bonds. The Morgan fingerprint density at radius 3 is 2.57 bits per heavy atom. The molecule has 1 unspecified atom stereocenters. The molecule has 1 atom stereocenters. The van der Waals surface area contributed by atoms with Crippen molar-refractivity contribution in [1.82, 2.24) is 9.47 Å². The Morgan fingerprint density at radius 2 is 1.86 bits per heavy atom. The predicted octanol–water partition coefficient (Wildman–Crippen LogP) is 6.18. The number of carbonyl (C=O) groups excluding carboxylic acids is 2. The number of fused-ring (bicyclic) bond motifs is 1. The van der Waals surface area contributed by atoms with Crippen molar-refractivity contribution in [2.75, 3.05) is 20.8 Å². The fourth-order valence-corrected chi connectivity index (χ4v) is 5.28. The Labute approximate surface area is 219 Å². The third-order valence-electron chi connectivity index (χ3n) is 6.93. The summed E-state index contributed by atoms with van der Waals surface area (Å²) in [4.78, 5) is 27.3. The van der Waals surface area contributed by atoms with Crippen LogP contribution in [0.1, 0.15) is 68.3 Å². The zero-order valence-electron chi connectivity index (χ0n) is 22.8. The molecule has 0 bridgehead atoms. The lowest BCUT2D eigenvalue weighted by Crippen LogP contribution is -2.33. The minimum atomic E-state index is -0.583. The van der Waals surface area contributed by atoms with Crippen LogP contribution in [-0.4, -0.2) is 47.9 Å². The van der Waals surface area contributed by atoms with E-state index in [2.05, 4.69) is 17.0 Å². The van der Waals surface area contributed by atoms with E-state index in [-0.39, 0.29) is 24.5 Å². The van der Waals surface area contributed by atoms with Crippen LogP contribution in [0.5, 0.6) is 5.75 Å². The molecule has 1 aliphatic heterocycles. The fraction of sp³-hybridized carbons (Fsp3) is 0.467. The van der Waals surface area contributed by atoms with Crippen molar-refractivity contribution in [2.24, 2.45) is 0 Å². The smallest absolute Gasteiger partial charge is 0.419 e. The highest BCUT2D eigenvalue weighted by atomic mass is 16.6. The Hall–Kier alpha value is -3.32. The molecule has 7 heteroatoms. The Balaban J connectivity index is 1.70. The molecule has 198 valence electrons. The number of hydrogen-bond donors (Lipinski definition) is 0. The third kappa shape index (κ3) is 5.99. The van der Waals surface area contributed by atoms with Gasteiger partial charge in [0.25, 0.3) is 0 Å². The van der Waals surface area contributed by atoms with Crippen LogP contribution >= 0.6 is 0 Å². The molecule has 7 nitrogen and oxygen atoms in total. The largest absolute Gasteiger partial charge is 0.496 e. The number of rotatable bonds is 6. The third-order valence-corrected chi connectivity index (χ3v) is 6.93. The first-order valence-electron chi connectivity index (χ1n) is 12.9. The maximum atomic E-state index is 13.0. The molecular formula is C30H38N2O5. The van der Waals surface area contributed by atoms with Gasteiger partial charge in [0.15, 0.2) is 0 Å². The highest BCUT2D eigenvalue weighted by Gasteiger charge is 2.28. The quantitative estimate of drug-likeness (QED) is 0.372. The second-order valence-electron chi connectivity index (χ2n) is 10.8. The van der Waals surface area contributed by atoms with Crippen LogP contribution in [0, 0.1) is 6.92 Å². The molecule has 3 aromatic rings. The van der Waals surface area contributed by atoms with Gasteiger partial charge in [-0.15, -0.1) is 0 Å². The van der Waals surface area contributed by atoms with Gasteiger partial charge in [-0.3, -0.25) is 14.3 Å². The van der Waals surface area contributed by atoms with Gasteiger partial charge >= 0.3 is 12.1 Å². The van der Waals surface area contributed by atoms with Gasteiger partial charge in [0, 0.05) is 29.7 Å². The molecule has 0 N–H and O–H groups in total. The number of benzene rings is 2. The number of esters is 1. The van der Waals surface area contributed by atoms with Crippen LogP contribution in [0.4, 0.5) is 4.79 Å². The molecule has 1 aromatic heterocycles. The van der Waals surface area contributed by atoms with Gasteiger partial charge in [-0.05, 0) is 75.9 Å². The van der Waals surface area contributed by atoms with Crippen LogP contribution < -0.4 is 4.74 Å². The van der Waals surface area contributed by atoms with Crippen LogP contribution in [-0.2, 0) is 27.2 Å². The van der Waals surface area contributed by atoms with E-state index >= 15 is 0 Å². The minimum absolute atomic E-state index is 0.223. The topological polar surface area (TPSA) is 70.0 Å². The van der Waals surface area contributed by atoms with Gasteiger partial charge in [0.1, 0.15) is 11.4 Å². The maximum Gasteiger partial charge on any atom is 0.419 e. The summed E-state index contributed by atoms with van der Waals surface area (Å²) in [5, 5.41) is 0.992.